The fraction of sp³-hybridized carbons (Fsp3) is 0.533. The minimum atomic E-state index is -0.342. The summed E-state index contributed by atoms with van der Waals surface area (Å²) in [6, 6.07) is 7.38. The van der Waals surface area contributed by atoms with Gasteiger partial charge in [0.1, 0.15) is 0 Å². The predicted molar refractivity (Wildman–Crippen MR) is 81.0 cm³/mol. The van der Waals surface area contributed by atoms with Crippen LogP contribution in [0.4, 0.5) is 0 Å². The Hall–Kier alpha value is -0.750. The highest BCUT2D eigenvalue weighted by atomic mass is 79.9. The van der Waals surface area contributed by atoms with Crippen LogP contribution in [0.25, 0.3) is 0 Å². The highest BCUT2D eigenvalue weighted by Gasteiger charge is 2.33. The largest absolute Gasteiger partial charge is 0.394 e. The van der Waals surface area contributed by atoms with E-state index in [1.54, 1.807) is 0 Å². The third-order valence-electron chi connectivity index (χ3n) is 3.29. The summed E-state index contributed by atoms with van der Waals surface area (Å²) in [6.07, 6.45) is -0.225. The zero-order valence-corrected chi connectivity index (χ0v) is 13.4. The lowest BCUT2D eigenvalue weighted by Gasteiger charge is -2.42. The van der Waals surface area contributed by atoms with Gasteiger partial charge in [0, 0.05) is 23.1 Å². The maximum atomic E-state index is 12.3. The van der Waals surface area contributed by atoms with Gasteiger partial charge in [-0.05, 0) is 26.0 Å². The van der Waals surface area contributed by atoms with Crippen molar-refractivity contribution in [2.75, 3.05) is 26.2 Å². The van der Waals surface area contributed by atoms with E-state index in [1.807, 2.05) is 38.1 Å². The van der Waals surface area contributed by atoms with Crippen LogP contribution in [0.5, 0.6) is 0 Å². The van der Waals surface area contributed by atoms with Crippen LogP contribution < -0.4 is 0 Å². The molecule has 20 heavy (non-hydrogen) atoms. The minimum Gasteiger partial charge on any atom is -0.394 e. The van der Waals surface area contributed by atoms with Gasteiger partial charge in [-0.2, -0.15) is 0 Å². The normalized spacial score (nSPS) is 22.7. The molecule has 0 saturated carbocycles. The molecule has 5 heteroatoms. The van der Waals surface area contributed by atoms with Gasteiger partial charge < -0.3 is 9.84 Å². The zero-order valence-electron chi connectivity index (χ0n) is 11.8. The number of Topliss-reactive ketones (excluding diaryl/α,β-unsaturated/α-hetero) is 1. The lowest BCUT2D eigenvalue weighted by Crippen LogP contribution is -2.54. The number of rotatable bonds is 4. The Kier molecular flexibility index (Phi) is 4.96. The summed E-state index contributed by atoms with van der Waals surface area (Å²) in [5, 5.41) is 9.28. The molecule has 1 atom stereocenters. The Morgan fingerprint density at radius 2 is 2.10 bits per heavy atom. The number of halogens is 1. The smallest absolute Gasteiger partial charge is 0.176 e. The van der Waals surface area contributed by atoms with E-state index in [2.05, 4.69) is 20.8 Å². The monoisotopic (exact) mass is 341 g/mol. The van der Waals surface area contributed by atoms with E-state index in [9.17, 15) is 9.90 Å². The number of carbonyl (C=O) groups is 1. The molecule has 0 amide bonds. The Morgan fingerprint density at radius 3 is 2.70 bits per heavy atom. The van der Waals surface area contributed by atoms with Gasteiger partial charge in [-0.3, -0.25) is 9.69 Å². The molecule has 0 aromatic heterocycles. The van der Waals surface area contributed by atoms with Gasteiger partial charge in [0.15, 0.2) is 5.78 Å². The van der Waals surface area contributed by atoms with Crippen molar-refractivity contribution in [1.29, 1.82) is 0 Å². The summed E-state index contributed by atoms with van der Waals surface area (Å²) in [7, 11) is 0. The number of aliphatic hydroxyl groups excluding tert-OH is 1. The summed E-state index contributed by atoms with van der Waals surface area (Å²) < 4.78 is 6.71. The third-order valence-corrected chi connectivity index (χ3v) is 3.82. The topological polar surface area (TPSA) is 49.8 Å². The van der Waals surface area contributed by atoms with E-state index in [4.69, 9.17) is 4.74 Å². The Balaban J connectivity index is 2.01. The first-order valence-corrected chi connectivity index (χ1v) is 7.49. The molecule has 1 fully saturated rings. The second-order valence-electron chi connectivity index (χ2n) is 5.78. The van der Waals surface area contributed by atoms with Gasteiger partial charge in [-0.25, -0.2) is 0 Å². The van der Waals surface area contributed by atoms with Gasteiger partial charge in [-0.1, -0.05) is 28.1 Å². The molecular weight excluding hydrogens is 322 g/mol. The van der Waals surface area contributed by atoms with Crippen molar-refractivity contribution in [3.05, 3.63) is 34.3 Å². The van der Waals surface area contributed by atoms with Crippen LogP contribution >= 0.6 is 15.9 Å². The SMILES string of the molecule is CC1(C)CN(CC(=O)c2ccc(Br)cc2)CC(CO)O1. The quantitative estimate of drug-likeness (QED) is 0.852. The van der Waals surface area contributed by atoms with Gasteiger partial charge in [0.2, 0.25) is 0 Å². The highest BCUT2D eigenvalue weighted by molar-refractivity contribution is 9.10. The molecular formula is C15H20BrNO3. The number of ether oxygens (including phenoxy) is 1. The maximum absolute atomic E-state index is 12.3. The molecule has 1 aromatic carbocycles. The number of aliphatic hydroxyl groups is 1. The van der Waals surface area contributed by atoms with E-state index in [1.165, 1.54) is 0 Å². The number of morpholine rings is 1. The molecule has 1 unspecified atom stereocenters. The fourth-order valence-corrected chi connectivity index (χ4v) is 2.83. The first kappa shape index (κ1) is 15.6. The summed E-state index contributed by atoms with van der Waals surface area (Å²) in [5.41, 5.74) is 0.365. The number of benzene rings is 1. The van der Waals surface area contributed by atoms with Crippen molar-refractivity contribution in [2.45, 2.75) is 25.6 Å². The number of ketones is 1. The van der Waals surface area contributed by atoms with E-state index in [0.29, 0.717) is 25.2 Å². The van der Waals surface area contributed by atoms with E-state index >= 15 is 0 Å². The molecule has 1 N–H and O–H groups in total. The predicted octanol–water partition coefficient (Wildman–Crippen LogP) is 2.10. The highest BCUT2D eigenvalue weighted by Crippen LogP contribution is 2.21. The molecule has 1 heterocycles. The molecule has 0 aliphatic carbocycles. The lowest BCUT2D eigenvalue weighted by atomic mass is 10.0. The Morgan fingerprint density at radius 1 is 1.45 bits per heavy atom. The number of hydrogen-bond acceptors (Lipinski definition) is 4. The molecule has 1 aliphatic rings. The Labute approximate surface area is 127 Å². The number of nitrogens with zero attached hydrogens (tertiary/aromatic N) is 1. The third kappa shape index (κ3) is 4.12. The van der Waals surface area contributed by atoms with Crippen LogP contribution in [-0.2, 0) is 4.74 Å². The molecule has 2 rings (SSSR count). The first-order chi connectivity index (χ1) is 9.39. The molecule has 110 valence electrons. The molecule has 0 bridgehead atoms. The van der Waals surface area contributed by atoms with Crippen molar-refractivity contribution in [2.24, 2.45) is 0 Å². The van der Waals surface area contributed by atoms with Gasteiger partial charge in [-0.15, -0.1) is 0 Å². The van der Waals surface area contributed by atoms with Crippen LogP contribution in [0.15, 0.2) is 28.7 Å². The molecule has 1 aromatic rings. The van der Waals surface area contributed by atoms with Crippen LogP contribution in [0.3, 0.4) is 0 Å². The Bertz CT molecular complexity index is 473. The minimum absolute atomic E-state index is 0.0214. The molecule has 0 spiro atoms. The second kappa shape index (κ2) is 6.35. The van der Waals surface area contributed by atoms with Crippen molar-refractivity contribution in [3.8, 4) is 0 Å². The van der Waals surface area contributed by atoms with Crippen molar-refractivity contribution >= 4 is 21.7 Å². The second-order valence-corrected chi connectivity index (χ2v) is 6.70. The summed E-state index contributed by atoms with van der Waals surface area (Å²) in [4.78, 5) is 14.3. The fourth-order valence-electron chi connectivity index (χ4n) is 2.56. The first-order valence-electron chi connectivity index (χ1n) is 6.69. The number of hydrogen-bond donors (Lipinski definition) is 1. The summed E-state index contributed by atoms with van der Waals surface area (Å²) in [5.74, 6) is 0.0897. The van der Waals surface area contributed by atoms with Crippen LogP contribution in [0.1, 0.15) is 24.2 Å². The van der Waals surface area contributed by atoms with Gasteiger partial charge >= 0.3 is 0 Å². The van der Waals surface area contributed by atoms with Gasteiger partial charge in [0.25, 0.3) is 0 Å². The standard InChI is InChI=1S/C15H20BrNO3/c1-15(2)10-17(7-13(9-18)20-15)8-14(19)11-3-5-12(16)6-4-11/h3-6,13,18H,7-10H2,1-2H3. The summed E-state index contributed by atoms with van der Waals surface area (Å²) in [6.45, 7) is 5.56. The van der Waals surface area contributed by atoms with E-state index in [-0.39, 0.29) is 24.1 Å². The zero-order chi connectivity index (χ0) is 14.8. The van der Waals surface area contributed by atoms with Crippen LogP contribution in [0.2, 0.25) is 0 Å². The van der Waals surface area contributed by atoms with E-state index in [0.717, 1.165) is 4.47 Å². The van der Waals surface area contributed by atoms with Crippen molar-refractivity contribution in [3.63, 3.8) is 0 Å². The molecule has 1 saturated heterocycles. The number of carbonyl (C=O) groups excluding carboxylic acids is 1. The van der Waals surface area contributed by atoms with Crippen molar-refractivity contribution in [1.82, 2.24) is 4.90 Å². The van der Waals surface area contributed by atoms with E-state index < -0.39 is 0 Å². The average Bonchev–Trinajstić information content (AvgIpc) is 2.37. The maximum Gasteiger partial charge on any atom is 0.176 e. The van der Waals surface area contributed by atoms with Gasteiger partial charge in [0.05, 0.1) is 24.9 Å². The molecule has 0 radical (unpaired) electrons. The van der Waals surface area contributed by atoms with Crippen LogP contribution in [0, 0.1) is 0 Å². The van der Waals surface area contributed by atoms with Crippen LogP contribution in [-0.4, -0.2) is 53.7 Å². The summed E-state index contributed by atoms with van der Waals surface area (Å²) >= 11 is 3.36. The van der Waals surface area contributed by atoms with Crippen molar-refractivity contribution < 1.29 is 14.6 Å². The molecule has 1 aliphatic heterocycles. The average molecular weight is 342 g/mol. The lowest BCUT2D eigenvalue weighted by molar-refractivity contribution is -0.146. The molecule has 4 nitrogen and oxygen atoms in total.